The molecule has 6 nitrogen and oxygen atoms in total. The molecule has 3 rings (SSSR count). The smallest absolute Gasteiger partial charge is 0.220 e. The highest BCUT2D eigenvalue weighted by Gasteiger charge is 2.58. The Morgan fingerprint density at radius 3 is 2.75 bits per heavy atom. The molecule has 0 aromatic carbocycles. The molecule has 6 heteroatoms. The summed E-state index contributed by atoms with van der Waals surface area (Å²) in [6.45, 7) is 5.49. The van der Waals surface area contributed by atoms with Crippen molar-refractivity contribution in [2.75, 3.05) is 13.6 Å². The van der Waals surface area contributed by atoms with Crippen molar-refractivity contribution in [1.82, 2.24) is 20.2 Å². The number of nitrogens with one attached hydrogen (secondary N) is 1. The number of aryl methyl sites for hydroxylation is 1. The highest BCUT2D eigenvalue weighted by atomic mass is 16.3. The summed E-state index contributed by atoms with van der Waals surface area (Å²) >= 11 is 0. The molecule has 132 valence electrons. The Labute approximate surface area is 143 Å². The summed E-state index contributed by atoms with van der Waals surface area (Å²) in [7, 11) is 2.15. The SMILES string of the molecule is CC(C)C1N(C)CC12C[C@@H](O)[C@H](NC(=O)CCc1cncnc1)C2. The lowest BCUT2D eigenvalue weighted by Gasteiger charge is -2.57. The van der Waals surface area contributed by atoms with Crippen molar-refractivity contribution in [3.05, 3.63) is 24.3 Å². The lowest BCUT2D eigenvalue weighted by molar-refractivity contribution is -0.122. The molecule has 1 aliphatic heterocycles. The molecule has 1 saturated heterocycles. The fraction of sp³-hybridized carbons (Fsp3) is 0.722. The van der Waals surface area contributed by atoms with Crippen molar-refractivity contribution in [2.45, 2.75) is 57.7 Å². The van der Waals surface area contributed by atoms with E-state index < -0.39 is 6.10 Å². The first kappa shape index (κ1) is 17.3. The van der Waals surface area contributed by atoms with Gasteiger partial charge in [0.1, 0.15) is 6.33 Å². The molecule has 2 aliphatic rings. The van der Waals surface area contributed by atoms with E-state index in [1.807, 2.05) is 0 Å². The summed E-state index contributed by atoms with van der Waals surface area (Å²) in [6.07, 6.45) is 7.20. The molecule has 1 spiro atoms. The molecule has 2 heterocycles. The van der Waals surface area contributed by atoms with Gasteiger partial charge in [-0.05, 0) is 37.8 Å². The van der Waals surface area contributed by atoms with Crippen LogP contribution in [0.4, 0.5) is 0 Å². The van der Waals surface area contributed by atoms with Gasteiger partial charge in [-0.3, -0.25) is 4.79 Å². The Morgan fingerprint density at radius 2 is 2.12 bits per heavy atom. The summed E-state index contributed by atoms with van der Waals surface area (Å²) in [5, 5.41) is 13.5. The number of likely N-dealkylation sites (tertiary alicyclic amines) is 1. The molecule has 1 aromatic heterocycles. The summed E-state index contributed by atoms with van der Waals surface area (Å²) < 4.78 is 0. The Bertz CT molecular complexity index is 575. The van der Waals surface area contributed by atoms with E-state index in [0.717, 1.165) is 24.9 Å². The predicted molar refractivity (Wildman–Crippen MR) is 91.2 cm³/mol. The quantitative estimate of drug-likeness (QED) is 0.841. The Hall–Kier alpha value is -1.53. The summed E-state index contributed by atoms with van der Waals surface area (Å²) in [6, 6.07) is 0.370. The number of nitrogens with zero attached hydrogens (tertiary/aromatic N) is 3. The first-order chi connectivity index (χ1) is 11.4. The second-order valence-electron chi connectivity index (χ2n) is 7.86. The van der Waals surface area contributed by atoms with Crippen LogP contribution >= 0.6 is 0 Å². The van der Waals surface area contributed by atoms with Crippen molar-refractivity contribution in [3.63, 3.8) is 0 Å². The molecule has 1 aromatic rings. The van der Waals surface area contributed by atoms with Gasteiger partial charge in [-0.2, -0.15) is 0 Å². The van der Waals surface area contributed by atoms with Crippen LogP contribution in [0.1, 0.15) is 38.7 Å². The second-order valence-corrected chi connectivity index (χ2v) is 7.86. The highest BCUT2D eigenvalue weighted by Crippen LogP contribution is 2.52. The van der Waals surface area contributed by atoms with Crippen molar-refractivity contribution in [3.8, 4) is 0 Å². The Kier molecular flexibility index (Phi) is 4.88. The van der Waals surface area contributed by atoms with Crippen LogP contribution in [-0.2, 0) is 11.2 Å². The molecule has 1 amide bonds. The molecule has 1 saturated carbocycles. The number of hydrogen-bond acceptors (Lipinski definition) is 5. The second kappa shape index (κ2) is 6.76. The van der Waals surface area contributed by atoms with Gasteiger partial charge < -0.3 is 15.3 Å². The minimum Gasteiger partial charge on any atom is -0.391 e. The molecular weight excluding hydrogens is 304 g/mol. The number of amides is 1. The molecule has 1 aliphatic carbocycles. The van der Waals surface area contributed by atoms with E-state index in [4.69, 9.17) is 0 Å². The van der Waals surface area contributed by atoms with Crippen LogP contribution in [0.25, 0.3) is 0 Å². The normalized spacial score (nSPS) is 33.0. The van der Waals surface area contributed by atoms with Crippen LogP contribution in [0.2, 0.25) is 0 Å². The maximum Gasteiger partial charge on any atom is 0.220 e. The molecule has 0 bridgehead atoms. The van der Waals surface area contributed by atoms with Gasteiger partial charge in [-0.25, -0.2) is 9.97 Å². The van der Waals surface area contributed by atoms with E-state index in [9.17, 15) is 9.90 Å². The fourth-order valence-electron chi connectivity index (χ4n) is 4.99. The minimum atomic E-state index is -0.441. The highest BCUT2D eigenvalue weighted by molar-refractivity contribution is 5.76. The van der Waals surface area contributed by atoms with Crippen LogP contribution in [0.3, 0.4) is 0 Å². The average molecular weight is 332 g/mol. The zero-order valence-electron chi connectivity index (χ0n) is 14.8. The zero-order chi connectivity index (χ0) is 17.3. The first-order valence-corrected chi connectivity index (χ1v) is 8.83. The predicted octanol–water partition coefficient (Wildman–Crippen LogP) is 1.01. The zero-order valence-corrected chi connectivity index (χ0v) is 14.8. The van der Waals surface area contributed by atoms with Gasteiger partial charge in [-0.15, -0.1) is 0 Å². The van der Waals surface area contributed by atoms with Gasteiger partial charge in [0.05, 0.1) is 12.1 Å². The standard InChI is InChI=1S/C18H28N4O2/c1-12(2)17-18(10-22(17)3)6-14(15(23)7-18)21-16(24)5-4-13-8-19-11-20-9-13/h8-9,11-12,14-15,17,23H,4-7,10H2,1-3H3,(H,21,24)/t14-,15-,17?,18?/m1/s1. The lowest BCUT2D eigenvalue weighted by Crippen LogP contribution is -2.64. The molecule has 24 heavy (non-hydrogen) atoms. The topological polar surface area (TPSA) is 78.4 Å². The summed E-state index contributed by atoms with van der Waals surface area (Å²) in [5.41, 5.74) is 1.12. The van der Waals surface area contributed by atoms with Crippen LogP contribution < -0.4 is 5.32 Å². The van der Waals surface area contributed by atoms with Gasteiger partial charge in [0.2, 0.25) is 5.91 Å². The number of carbonyl (C=O) groups is 1. The van der Waals surface area contributed by atoms with E-state index in [0.29, 0.717) is 24.8 Å². The van der Waals surface area contributed by atoms with E-state index in [1.165, 1.54) is 6.33 Å². The van der Waals surface area contributed by atoms with Gasteiger partial charge in [-0.1, -0.05) is 13.8 Å². The van der Waals surface area contributed by atoms with Gasteiger partial charge >= 0.3 is 0 Å². The van der Waals surface area contributed by atoms with Crippen molar-refractivity contribution in [1.29, 1.82) is 0 Å². The Morgan fingerprint density at radius 1 is 1.42 bits per heavy atom. The summed E-state index contributed by atoms with van der Waals surface area (Å²) in [4.78, 5) is 22.5. The van der Waals surface area contributed by atoms with Crippen molar-refractivity contribution >= 4 is 5.91 Å². The monoisotopic (exact) mass is 332 g/mol. The molecule has 4 atom stereocenters. The molecule has 2 unspecified atom stereocenters. The number of carbonyl (C=O) groups excluding carboxylic acids is 1. The van der Waals surface area contributed by atoms with Crippen LogP contribution in [-0.4, -0.2) is 57.7 Å². The molecule has 2 fully saturated rings. The number of hydrogen-bond donors (Lipinski definition) is 2. The van der Waals surface area contributed by atoms with E-state index in [1.54, 1.807) is 12.4 Å². The number of rotatable bonds is 5. The number of aromatic nitrogens is 2. The fourth-order valence-corrected chi connectivity index (χ4v) is 4.99. The average Bonchev–Trinajstić information content (AvgIpc) is 2.83. The molecular formula is C18H28N4O2. The van der Waals surface area contributed by atoms with Crippen LogP contribution in [0.15, 0.2) is 18.7 Å². The third kappa shape index (κ3) is 3.30. The van der Waals surface area contributed by atoms with E-state index in [-0.39, 0.29) is 17.4 Å². The number of aliphatic hydroxyl groups is 1. The Balaban J connectivity index is 1.53. The molecule has 2 N–H and O–H groups in total. The van der Waals surface area contributed by atoms with Gasteiger partial charge in [0.25, 0.3) is 0 Å². The third-order valence-corrected chi connectivity index (χ3v) is 5.61. The van der Waals surface area contributed by atoms with Gasteiger partial charge in [0.15, 0.2) is 0 Å². The van der Waals surface area contributed by atoms with Crippen molar-refractivity contribution in [2.24, 2.45) is 11.3 Å². The lowest BCUT2D eigenvalue weighted by atomic mass is 9.66. The molecule has 0 radical (unpaired) electrons. The maximum atomic E-state index is 12.2. The van der Waals surface area contributed by atoms with Crippen LogP contribution in [0.5, 0.6) is 0 Å². The van der Waals surface area contributed by atoms with Gasteiger partial charge in [0, 0.05) is 36.8 Å². The van der Waals surface area contributed by atoms with Crippen molar-refractivity contribution < 1.29 is 9.90 Å². The first-order valence-electron chi connectivity index (χ1n) is 8.83. The van der Waals surface area contributed by atoms with Crippen LogP contribution in [0, 0.1) is 11.3 Å². The summed E-state index contributed by atoms with van der Waals surface area (Å²) in [5.74, 6) is 0.553. The minimum absolute atomic E-state index is 0.00581. The number of aliphatic hydroxyl groups excluding tert-OH is 1. The van der Waals surface area contributed by atoms with E-state index >= 15 is 0 Å². The maximum absolute atomic E-state index is 12.2. The third-order valence-electron chi connectivity index (χ3n) is 5.61. The van der Waals surface area contributed by atoms with E-state index in [2.05, 4.69) is 41.1 Å². The largest absolute Gasteiger partial charge is 0.391 e.